The third kappa shape index (κ3) is 3.79. The highest BCUT2D eigenvalue weighted by molar-refractivity contribution is 5.83. The summed E-state index contributed by atoms with van der Waals surface area (Å²) in [5.41, 5.74) is -0.954. The summed E-state index contributed by atoms with van der Waals surface area (Å²) in [6, 6.07) is 0. The summed E-state index contributed by atoms with van der Waals surface area (Å²) in [6.45, 7) is 2.32. The molecule has 1 rings (SSSR count). The highest BCUT2D eigenvalue weighted by Gasteiger charge is 2.32. The normalized spacial score (nSPS) is 24.2. The fourth-order valence-corrected chi connectivity index (χ4v) is 1.38. The van der Waals surface area contributed by atoms with Gasteiger partial charge in [-0.3, -0.25) is 9.59 Å². The van der Waals surface area contributed by atoms with E-state index in [1.165, 1.54) is 11.8 Å². The molecule has 1 heterocycles. The maximum absolute atomic E-state index is 11.4. The Labute approximate surface area is 94.6 Å². The Bertz CT molecular complexity index is 274. The Morgan fingerprint density at radius 2 is 2.25 bits per heavy atom. The molecule has 1 aliphatic heterocycles. The topological polar surface area (TPSA) is 78.9 Å². The van der Waals surface area contributed by atoms with Gasteiger partial charge in [0, 0.05) is 33.5 Å². The van der Waals surface area contributed by atoms with E-state index in [4.69, 9.17) is 4.74 Å². The first kappa shape index (κ1) is 12.9. The second-order valence-corrected chi connectivity index (χ2v) is 4.18. The van der Waals surface area contributed by atoms with Crippen molar-refractivity contribution in [3.8, 4) is 0 Å². The van der Waals surface area contributed by atoms with Gasteiger partial charge in [0.2, 0.25) is 11.8 Å². The van der Waals surface area contributed by atoms with E-state index in [1.54, 1.807) is 7.05 Å². The zero-order valence-electron chi connectivity index (χ0n) is 9.65. The van der Waals surface area contributed by atoms with Crippen molar-refractivity contribution in [2.75, 3.05) is 33.4 Å². The number of nitrogens with zero attached hydrogens (tertiary/aromatic N) is 1. The van der Waals surface area contributed by atoms with Gasteiger partial charge >= 0.3 is 0 Å². The standard InChI is InChI=1S/C10H18N2O4/c1-8(13)12(2)5-9(14)11-6-10(15)3-4-16-7-10/h15H,3-7H2,1-2H3,(H,11,14). The van der Waals surface area contributed by atoms with Crippen molar-refractivity contribution in [3.05, 3.63) is 0 Å². The molecule has 2 amide bonds. The number of carbonyl (C=O) groups excluding carboxylic acids is 2. The van der Waals surface area contributed by atoms with E-state index < -0.39 is 5.60 Å². The Morgan fingerprint density at radius 1 is 1.56 bits per heavy atom. The molecule has 2 N–H and O–H groups in total. The lowest BCUT2D eigenvalue weighted by molar-refractivity contribution is -0.133. The minimum Gasteiger partial charge on any atom is -0.386 e. The van der Waals surface area contributed by atoms with Crippen molar-refractivity contribution in [3.63, 3.8) is 0 Å². The highest BCUT2D eigenvalue weighted by Crippen LogP contribution is 2.16. The number of aliphatic hydroxyl groups is 1. The molecule has 6 heteroatoms. The summed E-state index contributed by atoms with van der Waals surface area (Å²) in [6.07, 6.45) is 0.524. The number of rotatable bonds is 4. The first-order chi connectivity index (χ1) is 7.43. The van der Waals surface area contributed by atoms with E-state index >= 15 is 0 Å². The molecule has 0 aromatic rings. The van der Waals surface area contributed by atoms with E-state index in [1.807, 2.05) is 0 Å². The molecule has 0 aromatic heterocycles. The quantitative estimate of drug-likeness (QED) is 0.631. The molecular weight excluding hydrogens is 212 g/mol. The molecular formula is C10H18N2O4. The molecule has 1 unspecified atom stereocenters. The summed E-state index contributed by atoms with van der Waals surface area (Å²) >= 11 is 0. The molecule has 0 aromatic carbocycles. The van der Waals surface area contributed by atoms with Gasteiger partial charge in [0.1, 0.15) is 5.60 Å². The van der Waals surface area contributed by atoms with Crippen molar-refractivity contribution >= 4 is 11.8 Å². The molecule has 0 aliphatic carbocycles. The van der Waals surface area contributed by atoms with Crippen molar-refractivity contribution in [1.29, 1.82) is 0 Å². The lowest BCUT2D eigenvalue weighted by atomic mass is 10.0. The van der Waals surface area contributed by atoms with Crippen LogP contribution in [0, 0.1) is 0 Å². The van der Waals surface area contributed by atoms with Crippen molar-refractivity contribution in [2.45, 2.75) is 18.9 Å². The second kappa shape index (κ2) is 5.27. The van der Waals surface area contributed by atoms with Gasteiger partial charge in [0.25, 0.3) is 0 Å². The van der Waals surface area contributed by atoms with Crippen LogP contribution in [0.25, 0.3) is 0 Å². The van der Waals surface area contributed by atoms with Gasteiger partial charge in [-0.25, -0.2) is 0 Å². The van der Waals surface area contributed by atoms with Crippen molar-refractivity contribution < 1.29 is 19.4 Å². The average Bonchev–Trinajstić information content (AvgIpc) is 2.63. The molecule has 0 spiro atoms. The maximum atomic E-state index is 11.4. The molecule has 1 saturated heterocycles. The van der Waals surface area contributed by atoms with Gasteiger partial charge < -0.3 is 20.1 Å². The molecule has 92 valence electrons. The van der Waals surface area contributed by atoms with Crippen LogP contribution in [0.15, 0.2) is 0 Å². The first-order valence-corrected chi connectivity index (χ1v) is 5.21. The second-order valence-electron chi connectivity index (χ2n) is 4.18. The number of ether oxygens (including phenoxy) is 1. The molecule has 1 aliphatic rings. The lowest BCUT2D eigenvalue weighted by Crippen LogP contribution is -2.46. The van der Waals surface area contributed by atoms with Crippen LogP contribution in [0.2, 0.25) is 0 Å². The zero-order chi connectivity index (χ0) is 12.2. The van der Waals surface area contributed by atoms with E-state index in [-0.39, 0.29) is 31.5 Å². The Morgan fingerprint density at radius 3 is 2.75 bits per heavy atom. The van der Waals surface area contributed by atoms with E-state index in [0.29, 0.717) is 13.0 Å². The number of carbonyl (C=O) groups is 2. The first-order valence-electron chi connectivity index (χ1n) is 5.21. The fraction of sp³-hybridized carbons (Fsp3) is 0.800. The van der Waals surface area contributed by atoms with Crippen LogP contribution in [0.4, 0.5) is 0 Å². The molecule has 1 fully saturated rings. The fourth-order valence-electron chi connectivity index (χ4n) is 1.38. The highest BCUT2D eigenvalue weighted by atomic mass is 16.5. The summed E-state index contributed by atoms with van der Waals surface area (Å²) < 4.78 is 5.05. The number of hydrogen-bond acceptors (Lipinski definition) is 4. The third-order valence-corrected chi connectivity index (χ3v) is 2.62. The number of hydrogen-bond donors (Lipinski definition) is 2. The van der Waals surface area contributed by atoms with Crippen molar-refractivity contribution in [2.24, 2.45) is 0 Å². The number of nitrogens with one attached hydrogen (secondary N) is 1. The van der Waals surface area contributed by atoms with Gasteiger partial charge in [0.05, 0.1) is 13.2 Å². The van der Waals surface area contributed by atoms with Gasteiger partial charge in [-0.1, -0.05) is 0 Å². The minimum atomic E-state index is -0.954. The summed E-state index contributed by atoms with van der Waals surface area (Å²) in [5.74, 6) is -0.448. The van der Waals surface area contributed by atoms with Crippen LogP contribution in [0.1, 0.15) is 13.3 Å². The zero-order valence-corrected chi connectivity index (χ0v) is 9.65. The predicted molar refractivity (Wildman–Crippen MR) is 56.7 cm³/mol. The van der Waals surface area contributed by atoms with Crippen LogP contribution >= 0.6 is 0 Å². The van der Waals surface area contributed by atoms with Gasteiger partial charge in [-0.2, -0.15) is 0 Å². The average molecular weight is 230 g/mol. The number of amides is 2. The molecule has 1 atom stereocenters. The molecule has 6 nitrogen and oxygen atoms in total. The number of likely N-dealkylation sites (N-methyl/N-ethyl adjacent to an activating group) is 1. The van der Waals surface area contributed by atoms with Crippen LogP contribution in [-0.2, 0) is 14.3 Å². The van der Waals surface area contributed by atoms with Crippen LogP contribution in [0.3, 0.4) is 0 Å². The Kier molecular flexibility index (Phi) is 4.26. The Hall–Kier alpha value is -1.14. The third-order valence-electron chi connectivity index (χ3n) is 2.62. The SMILES string of the molecule is CC(=O)N(C)CC(=O)NCC1(O)CCOC1. The van der Waals surface area contributed by atoms with Gasteiger partial charge in [-0.05, 0) is 0 Å². The van der Waals surface area contributed by atoms with E-state index in [0.717, 1.165) is 0 Å². The molecule has 16 heavy (non-hydrogen) atoms. The molecule has 0 bridgehead atoms. The molecule has 0 radical (unpaired) electrons. The van der Waals surface area contributed by atoms with E-state index in [9.17, 15) is 14.7 Å². The van der Waals surface area contributed by atoms with Crippen LogP contribution in [0.5, 0.6) is 0 Å². The largest absolute Gasteiger partial charge is 0.386 e. The monoisotopic (exact) mass is 230 g/mol. The maximum Gasteiger partial charge on any atom is 0.239 e. The van der Waals surface area contributed by atoms with E-state index in [2.05, 4.69) is 5.32 Å². The van der Waals surface area contributed by atoms with Crippen molar-refractivity contribution in [1.82, 2.24) is 10.2 Å². The lowest BCUT2D eigenvalue weighted by Gasteiger charge is -2.21. The van der Waals surface area contributed by atoms with Gasteiger partial charge in [0.15, 0.2) is 0 Å². The summed E-state index contributed by atoms with van der Waals surface area (Å²) in [4.78, 5) is 23.6. The summed E-state index contributed by atoms with van der Waals surface area (Å²) in [7, 11) is 1.55. The van der Waals surface area contributed by atoms with Crippen LogP contribution < -0.4 is 5.32 Å². The smallest absolute Gasteiger partial charge is 0.239 e. The Balaban J connectivity index is 2.27. The van der Waals surface area contributed by atoms with Crippen LogP contribution in [-0.4, -0.2) is 60.8 Å². The summed E-state index contributed by atoms with van der Waals surface area (Å²) in [5, 5.41) is 12.5. The predicted octanol–water partition coefficient (Wildman–Crippen LogP) is -1.27. The molecule has 0 saturated carbocycles. The minimum absolute atomic E-state index is 0.00622. The van der Waals surface area contributed by atoms with Gasteiger partial charge in [-0.15, -0.1) is 0 Å².